The standard InChI is InChI=1S/C17H16N8O2S2/c26-29(27,13-5-3-4-12-17(13)25-28-24-12)20-11-10-19-15-7-8-16(23-22-15)21-14-6-1-2-9-18-14/h1-9,20H,10-11H2,(H,19,22)(H,18,21,23). The largest absolute Gasteiger partial charge is 0.367 e. The van der Waals surface area contributed by atoms with E-state index in [9.17, 15) is 8.42 Å². The number of rotatable bonds is 8. The zero-order valence-electron chi connectivity index (χ0n) is 15.0. The van der Waals surface area contributed by atoms with Crippen LogP contribution < -0.4 is 15.4 Å². The molecule has 0 aliphatic heterocycles. The van der Waals surface area contributed by atoms with Crippen molar-refractivity contribution in [2.75, 3.05) is 23.7 Å². The number of hydrogen-bond acceptors (Lipinski definition) is 10. The van der Waals surface area contributed by atoms with Gasteiger partial charge in [-0.05, 0) is 36.4 Å². The van der Waals surface area contributed by atoms with Crippen LogP contribution in [-0.4, -0.2) is 45.4 Å². The lowest BCUT2D eigenvalue weighted by atomic mass is 10.3. The monoisotopic (exact) mass is 428 g/mol. The van der Waals surface area contributed by atoms with Gasteiger partial charge in [0.2, 0.25) is 10.0 Å². The molecule has 0 aliphatic rings. The van der Waals surface area contributed by atoms with E-state index in [1.807, 2.05) is 18.2 Å². The summed E-state index contributed by atoms with van der Waals surface area (Å²) >= 11 is 0.981. The molecule has 3 heterocycles. The summed E-state index contributed by atoms with van der Waals surface area (Å²) in [6, 6.07) is 13.9. The van der Waals surface area contributed by atoms with Crippen LogP contribution in [0.15, 0.2) is 59.6 Å². The van der Waals surface area contributed by atoms with Crippen molar-refractivity contribution in [2.45, 2.75) is 4.90 Å². The summed E-state index contributed by atoms with van der Waals surface area (Å²) in [6.07, 6.45) is 1.68. The lowest BCUT2D eigenvalue weighted by Gasteiger charge is -2.09. The minimum atomic E-state index is -3.69. The topological polar surface area (TPSA) is 135 Å². The van der Waals surface area contributed by atoms with Crippen molar-refractivity contribution in [2.24, 2.45) is 0 Å². The molecule has 0 amide bonds. The van der Waals surface area contributed by atoms with Gasteiger partial charge in [0.25, 0.3) is 0 Å². The highest BCUT2D eigenvalue weighted by Gasteiger charge is 2.18. The first kappa shape index (κ1) is 19.1. The minimum absolute atomic E-state index is 0.119. The van der Waals surface area contributed by atoms with E-state index in [0.717, 1.165) is 11.7 Å². The number of anilines is 3. The summed E-state index contributed by atoms with van der Waals surface area (Å²) in [5.74, 6) is 1.75. The normalized spacial score (nSPS) is 11.4. The molecule has 0 aliphatic carbocycles. The zero-order valence-corrected chi connectivity index (χ0v) is 16.6. The quantitative estimate of drug-likeness (QED) is 0.360. The smallest absolute Gasteiger partial charge is 0.242 e. The van der Waals surface area contributed by atoms with Gasteiger partial charge in [-0.25, -0.2) is 18.1 Å². The van der Waals surface area contributed by atoms with Crippen molar-refractivity contribution in [3.8, 4) is 0 Å². The number of aromatic nitrogens is 5. The Balaban J connectivity index is 1.30. The average Bonchev–Trinajstić information content (AvgIpc) is 3.22. The Morgan fingerprint density at radius 1 is 0.862 bits per heavy atom. The highest BCUT2D eigenvalue weighted by molar-refractivity contribution is 7.89. The van der Waals surface area contributed by atoms with Gasteiger partial charge in [-0.15, -0.1) is 10.2 Å². The molecule has 0 unspecified atom stereocenters. The molecule has 0 saturated carbocycles. The molecule has 29 heavy (non-hydrogen) atoms. The van der Waals surface area contributed by atoms with Gasteiger partial charge in [-0.2, -0.15) is 8.75 Å². The maximum absolute atomic E-state index is 12.5. The van der Waals surface area contributed by atoms with Crippen molar-refractivity contribution >= 4 is 50.2 Å². The van der Waals surface area contributed by atoms with Gasteiger partial charge in [0, 0.05) is 19.3 Å². The van der Waals surface area contributed by atoms with Crippen molar-refractivity contribution in [3.05, 3.63) is 54.7 Å². The fraction of sp³-hybridized carbons (Fsp3) is 0.118. The van der Waals surface area contributed by atoms with Gasteiger partial charge in [-0.1, -0.05) is 12.1 Å². The van der Waals surface area contributed by atoms with Gasteiger partial charge in [-0.3, -0.25) is 0 Å². The Morgan fingerprint density at radius 2 is 1.72 bits per heavy atom. The second-order valence-electron chi connectivity index (χ2n) is 5.86. The Kier molecular flexibility index (Phi) is 5.55. The van der Waals surface area contributed by atoms with Crippen LogP contribution in [0.25, 0.3) is 11.0 Å². The molecule has 10 nitrogen and oxygen atoms in total. The molecule has 4 rings (SSSR count). The Hall–Kier alpha value is -3.22. The molecule has 12 heteroatoms. The number of hydrogen-bond donors (Lipinski definition) is 3. The van der Waals surface area contributed by atoms with E-state index in [2.05, 4.69) is 39.3 Å². The van der Waals surface area contributed by atoms with E-state index in [1.165, 1.54) is 6.07 Å². The second-order valence-corrected chi connectivity index (χ2v) is 8.12. The second kappa shape index (κ2) is 8.43. The number of sulfonamides is 1. The van der Waals surface area contributed by atoms with Crippen LogP contribution in [0.4, 0.5) is 17.5 Å². The van der Waals surface area contributed by atoms with Crippen molar-refractivity contribution in [1.82, 2.24) is 28.7 Å². The number of benzene rings is 1. The molecule has 148 valence electrons. The Morgan fingerprint density at radius 3 is 2.52 bits per heavy atom. The number of fused-ring (bicyclic) bond motifs is 1. The molecule has 0 saturated heterocycles. The molecule has 0 radical (unpaired) electrons. The van der Waals surface area contributed by atoms with Gasteiger partial charge >= 0.3 is 0 Å². The van der Waals surface area contributed by atoms with Gasteiger partial charge in [0.15, 0.2) is 5.82 Å². The molecule has 0 fully saturated rings. The van der Waals surface area contributed by atoms with Crippen molar-refractivity contribution < 1.29 is 8.42 Å². The lowest BCUT2D eigenvalue weighted by molar-refractivity contribution is 0.583. The molecule has 3 aromatic heterocycles. The van der Waals surface area contributed by atoms with E-state index in [0.29, 0.717) is 35.0 Å². The van der Waals surface area contributed by atoms with E-state index in [4.69, 9.17) is 0 Å². The minimum Gasteiger partial charge on any atom is -0.367 e. The number of pyridine rings is 1. The van der Waals surface area contributed by atoms with Crippen LogP contribution in [0.2, 0.25) is 0 Å². The highest BCUT2D eigenvalue weighted by atomic mass is 32.2. The van der Waals surface area contributed by atoms with Crippen molar-refractivity contribution in [1.29, 1.82) is 0 Å². The summed E-state index contributed by atoms with van der Waals surface area (Å²) in [5, 5.41) is 14.2. The third-order valence-corrected chi connectivity index (χ3v) is 5.88. The van der Waals surface area contributed by atoms with Crippen LogP contribution in [0.1, 0.15) is 0 Å². The molecule has 1 aromatic carbocycles. The predicted octanol–water partition coefficient (Wildman–Crippen LogP) is 2.01. The van der Waals surface area contributed by atoms with Crippen LogP contribution >= 0.6 is 11.7 Å². The average molecular weight is 429 g/mol. The summed E-state index contributed by atoms with van der Waals surface area (Å²) in [7, 11) is -3.69. The lowest BCUT2D eigenvalue weighted by Crippen LogP contribution is -2.29. The van der Waals surface area contributed by atoms with Crippen molar-refractivity contribution in [3.63, 3.8) is 0 Å². The van der Waals surface area contributed by atoms with E-state index < -0.39 is 10.0 Å². The Labute approximate surface area is 170 Å². The fourth-order valence-electron chi connectivity index (χ4n) is 2.51. The first-order chi connectivity index (χ1) is 14.1. The summed E-state index contributed by atoms with van der Waals surface area (Å²) < 4.78 is 35.7. The highest BCUT2D eigenvalue weighted by Crippen LogP contribution is 2.20. The first-order valence-corrected chi connectivity index (χ1v) is 10.8. The van der Waals surface area contributed by atoms with E-state index >= 15 is 0 Å². The molecular weight excluding hydrogens is 412 g/mol. The van der Waals surface area contributed by atoms with Crippen LogP contribution in [0.5, 0.6) is 0 Å². The molecule has 0 spiro atoms. The first-order valence-electron chi connectivity index (χ1n) is 8.58. The summed E-state index contributed by atoms with van der Waals surface area (Å²) in [6.45, 7) is 0.512. The molecular formula is C17H16N8O2S2. The van der Waals surface area contributed by atoms with Crippen LogP contribution in [0, 0.1) is 0 Å². The zero-order chi connectivity index (χ0) is 20.1. The summed E-state index contributed by atoms with van der Waals surface area (Å²) in [4.78, 5) is 4.27. The predicted molar refractivity (Wildman–Crippen MR) is 111 cm³/mol. The maximum Gasteiger partial charge on any atom is 0.242 e. The maximum atomic E-state index is 12.5. The van der Waals surface area contributed by atoms with Crippen LogP contribution in [0.3, 0.4) is 0 Å². The van der Waals surface area contributed by atoms with E-state index in [-0.39, 0.29) is 11.4 Å². The van der Waals surface area contributed by atoms with E-state index in [1.54, 1.807) is 30.5 Å². The molecule has 3 N–H and O–H groups in total. The van der Waals surface area contributed by atoms with Gasteiger partial charge < -0.3 is 10.6 Å². The summed E-state index contributed by atoms with van der Waals surface area (Å²) in [5.41, 5.74) is 0.936. The Bertz CT molecular complexity index is 1200. The van der Waals surface area contributed by atoms with Crippen LogP contribution in [-0.2, 0) is 10.0 Å². The van der Waals surface area contributed by atoms with Gasteiger partial charge in [0.1, 0.15) is 27.6 Å². The fourth-order valence-corrected chi connectivity index (χ4v) is 4.31. The SMILES string of the molecule is O=S(=O)(NCCNc1ccc(Nc2ccccn2)nn1)c1cccc2nsnc12. The molecule has 4 aromatic rings. The molecule has 0 atom stereocenters. The molecule has 0 bridgehead atoms. The van der Waals surface area contributed by atoms with Gasteiger partial charge in [0.05, 0.1) is 11.7 Å². The number of nitrogens with one attached hydrogen (secondary N) is 3. The third-order valence-electron chi connectivity index (χ3n) is 3.85. The number of nitrogens with zero attached hydrogens (tertiary/aromatic N) is 5. The third kappa shape index (κ3) is 4.62.